The molecule has 4 aliphatic carbocycles. The molecule has 6 nitrogen and oxygen atoms in total. The SMILES string of the molecule is C[C@]12C=CC(=O)CC1=CC[C@@H]1[C@@H]2[C@@H](O)C[C@@]2(C)[C@H]1C[C@H]1CN(Cc3ccc(F)cc3)O[C@]12C(=O)CO. The zero-order valence-corrected chi connectivity index (χ0v) is 20.8. The summed E-state index contributed by atoms with van der Waals surface area (Å²) in [5, 5.41) is 23.5. The number of allylic oxidation sites excluding steroid dienone is 4. The summed E-state index contributed by atoms with van der Waals surface area (Å²) >= 11 is 0. The lowest BCUT2D eigenvalue weighted by atomic mass is 9.47. The lowest BCUT2D eigenvalue weighted by Gasteiger charge is -2.59. The minimum atomic E-state index is -1.21. The summed E-state index contributed by atoms with van der Waals surface area (Å²) in [6.45, 7) is 4.54. The van der Waals surface area contributed by atoms with E-state index < -0.39 is 23.7 Å². The van der Waals surface area contributed by atoms with Crippen LogP contribution in [-0.4, -0.2) is 51.7 Å². The Morgan fingerprint density at radius 1 is 1.25 bits per heavy atom. The first-order valence-corrected chi connectivity index (χ1v) is 13.0. The van der Waals surface area contributed by atoms with Gasteiger partial charge in [-0.2, -0.15) is 5.06 Å². The van der Waals surface area contributed by atoms with Gasteiger partial charge in [0, 0.05) is 42.2 Å². The zero-order chi connectivity index (χ0) is 25.5. The summed E-state index contributed by atoms with van der Waals surface area (Å²) in [5.41, 5.74) is -0.253. The topological polar surface area (TPSA) is 87.1 Å². The van der Waals surface area contributed by atoms with Gasteiger partial charge in [0.25, 0.3) is 0 Å². The Hall–Kier alpha value is -2.19. The fraction of sp³-hybridized carbons (Fsp3) is 0.586. The Bertz CT molecular complexity index is 1160. The van der Waals surface area contributed by atoms with Crippen molar-refractivity contribution in [3.63, 3.8) is 0 Å². The molecule has 1 saturated heterocycles. The molecule has 0 amide bonds. The molecule has 6 rings (SSSR count). The number of carbonyl (C=O) groups excluding carboxylic acids is 2. The van der Waals surface area contributed by atoms with Crippen molar-refractivity contribution in [2.75, 3.05) is 13.2 Å². The van der Waals surface area contributed by atoms with Crippen LogP contribution >= 0.6 is 0 Å². The van der Waals surface area contributed by atoms with Gasteiger partial charge in [-0.3, -0.25) is 14.4 Å². The van der Waals surface area contributed by atoms with Crippen molar-refractivity contribution in [1.29, 1.82) is 0 Å². The van der Waals surface area contributed by atoms with Gasteiger partial charge in [-0.05, 0) is 54.9 Å². The second-order valence-electron chi connectivity index (χ2n) is 12.0. The largest absolute Gasteiger partial charge is 0.393 e. The van der Waals surface area contributed by atoms with Gasteiger partial charge in [0.1, 0.15) is 12.4 Å². The van der Waals surface area contributed by atoms with Crippen molar-refractivity contribution in [1.82, 2.24) is 5.06 Å². The van der Waals surface area contributed by atoms with Crippen LogP contribution in [0.25, 0.3) is 0 Å². The van der Waals surface area contributed by atoms with Crippen molar-refractivity contribution in [3.8, 4) is 0 Å². The van der Waals surface area contributed by atoms with Crippen LogP contribution in [0.3, 0.4) is 0 Å². The number of aliphatic hydroxyl groups excluding tert-OH is 2. The van der Waals surface area contributed by atoms with Gasteiger partial charge in [-0.25, -0.2) is 4.39 Å². The Morgan fingerprint density at radius 3 is 2.72 bits per heavy atom. The number of carbonyl (C=O) groups is 2. The Labute approximate surface area is 210 Å². The third-order valence-electron chi connectivity index (χ3n) is 10.3. The predicted octanol–water partition coefficient (Wildman–Crippen LogP) is 3.38. The van der Waals surface area contributed by atoms with E-state index in [0.29, 0.717) is 25.9 Å². The maximum atomic E-state index is 13.5. The quantitative estimate of drug-likeness (QED) is 0.623. The van der Waals surface area contributed by atoms with E-state index in [1.165, 1.54) is 12.1 Å². The number of rotatable bonds is 4. The number of benzene rings is 1. The van der Waals surface area contributed by atoms with E-state index in [0.717, 1.165) is 24.0 Å². The van der Waals surface area contributed by atoms with Gasteiger partial charge in [-0.15, -0.1) is 0 Å². The monoisotopic (exact) mass is 495 g/mol. The van der Waals surface area contributed by atoms with Crippen LogP contribution in [0.1, 0.15) is 45.1 Å². The Balaban J connectivity index is 1.35. The second kappa shape index (κ2) is 8.15. The van der Waals surface area contributed by atoms with Gasteiger partial charge in [0.15, 0.2) is 17.2 Å². The normalized spacial score (nSPS) is 43.4. The van der Waals surface area contributed by atoms with E-state index in [1.807, 2.05) is 6.08 Å². The maximum Gasteiger partial charge on any atom is 0.192 e. The van der Waals surface area contributed by atoms with Gasteiger partial charge in [0.2, 0.25) is 0 Å². The van der Waals surface area contributed by atoms with Crippen LogP contribution in [0.5, 0.6) is 0 Å². The number of ketones is 2. The molecule has 0 spiro atoms. The first-order chi connectivity index (χ1) is 17.1. The molecule has 1 aliphatic heterocycles. The van der Waals surface area contributed by atoms with Crippen molar-refractivity contribution in [3.05, 3.63) is 59.4 Å². The summed E-state index contributed by atoms with van der Waals surface area (Å²) in [5.74, 6) is -0.387. The molecular weight excluding hydrogens is 461 g/mol. The zero-order valence-electron chi connectivity index (χ0n) is 20.8. The number of aliphatic hydroxyl groups is 2. The molecule has 0 radical (unpaired) electrons. The number of fused-ring (bicyclic) bond motifs is 7. The standard InChI is InChI=1S/C29H34FNO5/c1-27-10-9-21(33)11-18(27)5-8-22-23-12-19-15-31(14-17-3-6-20(30)7-4-17)36-29(19,25(35)16-32)28(23,2)13-24(34)26(22)27/h3-7,9-10,19,22-24,26,32,34H,8,11-16H2,1-2H3/t19-,22-,23-,24-,26+,27-,28-,29-/m0/s1. The van der Waals surface area contributed by atoms with E-state index in [4.69, 9.17) is 4.84 Å². The highest BCUT2D eigenvalue weighted by Gasteiger charge is 2.74. The minimum absolute atomic E-state index is 0.0321. The third-order valence-corrected chi connectivity index (χ3v) is 10.3. The van der Waals surface area contributed by atoms with E-state index in [9.17, 15) is 24.2 Å². The van der Waals surface area contributed by atoms with Crippen molar-refractivity contribution in [2.45, 2.75) is 57.8 Å². The van der Waals surface area contributed by atoms with Crippen LogP contribution in [0.2, 0.25) is 0 Å². The summed E-state index contributed by atoms with van der Waals surface area (Å²) in [7, 11) is 0. The fourth-order valence-corrected chi connectivity index (χ4v) is 8.86. The van der Waals surface area contributed by atoms with Gasteiger partial charge in [-0.1, -0.05) is 43.7 Å². The van der Waals surface area contributed by atoms with Crippen molar-refractivity contribution >= 4 is 11.6 Å². The molecule has 36 heavy (non-hydrogen) atoms. The fourth-order valence-electron chi connectivity index (χ4n) is 8.86. The number of hydrogen-bond donors (Lipinski definition) is 2. The van der Waals surface area contributed by atoms with E-state index in [-0.39, 0.29) is 46.5 Å². The molecule has 2 saturated carbocycles. The average Bonchev–Trinajstić information content (AvgIpc) is 3.32. The molecule has 192 valence electrons. The lowest BCUT2D eigenvalue weighted by Crippen LogP contribution is -2.63. The molecule has 1 aromatic rings. The maximum absolute atomic E-state index is 13.5. The molecule has 3 fully saturated rings. The highest BCUT2D eigenvalue weighted by molar-refractivity contribution is 5.93. The summed E-state index contributed by atoms with van der Waals surface area (Å²) in [6, 6.07) is 6.24. The van der Waals surface area contributed by atoms with Gasteiger partial charge < -0.3 is 10.2 Å². The Morgan fingerprint density at radius 2 is 2.00 bits per heavy atom. The summed E-state index contributed by atoms with van der Waals surface area (Å²) < 4.78 is 13.4. The molecule has 7 heteroatoms. The van der Waals surface area contributed by atoms with E-state index >= 15 is 0 Å². The highest BCUT2D eigenvalue weighted by Crippen LogP contribution is 2.70. The van der Waals surface area contributed by atoms with Crippen LogP contribution in [0, 0.1) is 40.3 Å². The molecule has 5 aliphatic rings. The first-order valence-electron chi connectivity index (χ1n) is 13.0. The predicted molar refractivity (Wildman–Crippen MR) is 130 cm³/mol. The minimum Gasteiger partial charge on any atom is -0.393 e. The molecule has 0 aromatic heterocycles. The molecule has 1 aromatic carbocycles. The number of halogens is 1. The van der Waals surface area contributed by atoms with Crippen LogP contribution < -0.4 is 0 Å². The molecule has 0 bridgehead atoms. The highest BCUT2D eigenvalue weighted by atomic mass is 19.1. The summed E-state index contributed by atoms with van der Waals surface area (Å²) in [6.07, 6.45) is 7.52. The van der Waals surface area contributed by atoms with Crippen molar-refractivity contribution < 1.29 is 29.0 Å². The van der Waals surface area contributed by atoms with Gasteiger partial charge >= 0.3 is 0 Å². The molecule has 2 N–H and O–H groups in total. The number of hydroxylamine groups is 2. The number of Topliss-reactive ketones (excluding diaryl/α,β-unsaturated/α-hetero) is 1. The molecule has 8 atom stereocenters. The second-order valence-corrected chi connectivity index (χ2v) is 12.0. The summed E-state index contributed by atoms with van der Waals surface area (Å²) in [4.78, 5) is 32.2. The van der Waals surface area contributed by atoms with E-state index in [1.54, 1.807) is 23.3 Å². The van der Waals surface area contributed by atoms with Crippen LogP contribution in [-0.2, 0) is 21.0 Å². The number of nitrogens with zero attached hydrogens (tertiary/aromatic N) is 1. The Kier molecular flexibility index (Phi) is 5.47. The number of hydrogen-bond acceptors (Lipinski definition) is 6. The molecule has 0 unspecified atom stereocenters. The lowest BCUT2D eigenvalue weighted by molar-refractivity contribution is -0.253. The molecular formula is C29H34FNO5. The smallest absolute Gasteiger partial charge is 0.192 e. The van der Waals surface area contributed by atoms with Gasteiger partial charge in [0.05, 0.1) is 6.10 Å². The first kappa shape index (κ1) is 24.2. The average molecular weight is 496 g/mol. The van der Waals surface area contributed by atoms with E-state index in [2.05, 4.69) is 19.9 Å². The van der Waals surface area contributed by atoms with Crippen LogP contribution in [0.4, 0.5) is 4.39 Å². The van der Waals surface area contributed by atoms with Crippen molar-refractivity contribution in [2.24, 2.45) is 34.5 Å². The van der Waals surface area contributed by atoms with Crippen LogP contribution in [0.15, 0.2) is 48.1 Å². The third kappa shape index (κ3) is 3.16. The molecule has 1 heterocycles.